The molecule has 0 aliphatic carbocycles. The van der Waals surface area contributed by atoms with Gasteiger partial charge >= 0.3 is 6.03 Å². The van der Waals surface area contributed by atoms with Gasteiger partial charge in [-0.25, -0.2) is 17.9 Å². The molecule has 21 heavy (non-hydrogen) atoms. The zero-order valence-corrected chi connectivity index (χ0v) is 12.9. The number of nitrogens with one attached hydrogen (secondary N) is 2. The van der Waals surface area contributed by atoms with Gasteiger partial charge in [0, 0.05) is 25.6 Å². The Hall–Kier alpha value is -1.60. The van der Waals surface area contributed by atoms with E-state index in [1.54, 1.807) is 4.90 Å². The number of urea groups is 1. The molecule has 0 saturated carbocycles. The molecule has 2 N–H and O–H groups in total. The van der Waals surface area contributed by atoms with E-state index in [1.807, 2.05) is 18.2 Å². The third kappa shape index (κ3) is 4.44. The standard InChI is InChI=1S/C14H21N3O3S/c1-15-21(19,20)10-8-16-14(18)17-9-7-13(11-17)12-5-3-2-4-6-12/h2-6,13,15H,7-11H2,1H3,(H,16,18)/t13-/m0/s1. The van der Waals surface area contributed by atoms with Gasteiger partial charge in [-0.3, -0.25) is 0 Å². The fourth-order valence-electron chi connectivity index (χ4n) is 2.45. The van der Waals surface area contributed by atoms with Crippen molar-refractivity contribution in [3.63, 3.8) is 0 Å². The highest BCUT2D eigenvalue weighted by Crippen LogP contribution is 2.26. The molecule has 2 amide bonds. The Balaban J connectivity index is 1.80. The first-order valence-electron chi connectivity index (χ1n) is 7.01. The number of benzene rings is 1. The number of hydrogen-bond acceptors (Lipinski definition) is 3. The molecule has 1 aliphatic rings. The molecule has 1 atom stereocenters. The Morgan fingerprint density at radius 1 is 1.33 bits per heavy atom. The molecule has 1 fully saturated rings. The number of carbonyl (C=O) groups excluding carboxylic acids is 1. The topological polar surface area (TPSA) is 78.5 Å². The summed E-state index contributed by atoms with van der Waals surface area (Å²) >= 11 is 0. The quantitative estimate of drug-likeness (QED) is 0.841. The summed E-state index contributed by atoms with van der Waals surface area (Å²) in [7, 11) is -1.91. The van der Waals surface area contributed by atoms with Crippen LogP contribution in [0.1, 0.15) is 17.9 Å². The fourth-order valence-corrected chi connectivity index (χ4v) is 3.02. The molecular formula is C14H21N3O3S. The summed E-state index contributed by atoms with van der Waals surface area (Å²) in [6.45, 7) is 1.49. The zero-order valence-electron chi connectivity index (χ0n) is 12.1. The molecule has 1 heterocycles. The average molecular weight is 311 g/mol. The average Bonchev–Trinajstić information content (AvgIpc) is 2.98. The van der Waals surface area contributed by atoms with Crippen molar-refractivity contribution in [3.8, 4) is 0 Å². The highest BCUT2D eigenvalue weighted by Gasteiger charge is 2.27. The van der Waals surface area contributed by atoms with Gasteiger partial charge in [0.25, 0.3) is 0 Å². The maximum atomic E-state index is 12.0. The van der Waals surface area contributed by atoms with Crippen molar-refractivity contribution in [2.75, 3.05) is 32.4 Å². The Labute approximate surface area is 125 Å². The summed E-state index contributed by atoms with van der Waals surface area (Å²) in [5.74, 6) is 0.253. The van der Waals surface area contributed by atoms with Crippen molar-refractivity contribution in [2.24, 2.45) is 0 Å². The van der Waals surface area contributed by atoms with Crippen LogP contribution in [-0.4, -0.2) is 51.8 Å². The van der Waals surface area contributed by atoms with Crippen LogP contribution in [0.4, 0.5) is 4.79 Å². The third-order valence-corrected chi connectivity index (χ3v) is 5.07. The summed E-state index contributed by atoms with van der Waals surface area (Å²) in [4.78, 5) is 13.7. The van der Waals surface area contributed by atoms with E-state index in [4.69, 9.17) is 0 Å². The van der Waals surface area contributed by atoms with Gasteiger partial charge in [-0.05, 0) is 19.0 Å². The zero-order chi connectivity index (χ0) is 15.3. The highest BCUT2D eigenvalue weighted by atomic mass is 32.2. The Morgan fingerprint density at radius 2 is 2.05 bits per heavy atom. The second-order valence-electron chi connectivity index (χ2n) is 5.10. The molecule has 2 rings (SSSR count). The lowest BCUT2D eigenvalue weighted by atomic mass is 9.99. The summed E-state index contributed by atoms with van der Waals surface area (Å²) in [5, 5.41) is 2.65. The molecule has 1 aliphatic heterocycles. The maximum absolute atomic E-state index is 12.0. The Morgan fingerprint density at radius 3 is 2.71 bits per heavy atom. The van der Waals surface area contributed by atoms with Gasteiger partial charge in [-0.15, -0.1) is 0 Å². The predicted octanol–water partition coefficient (Wildman–Crippen LogP) is 0.735. The van der Waals surface area contributed by atoms with Crippen LogP contribution in [0.15, 0.2) is 30.3 Å². The van der Waals surface area contributed by atoms with Crippen molar-refractivity contribution < 1.29 is 13.2 Å². The largest absolute Gasteiger partial charge is 0.337 e. The van der Waals surface area contributed by atoms with E-state index >= 15 is 0 Å². The van der Waals surface area contributed by atoms with E-state index in [9.17, 15) is 13.2 Å². The van der Waals surface area contributed by atoms with E-state index < -0.39 is 10.0 Å². The van der Waals surface area contributed by atoms with Gasteiger partial charge in [0.05, 0.1) is 5.75 Å². The van der Waals surface area contributed by atoms with Crippen LogP contribution in [-0.2, 0) is 10.0 Å². The van der Waals surface area contributed by atoms with E-state index in [1.165, 1.54) is 12.6 Å². The molecule has 7 heteroatoms. The summed E-state index contributed by atoms with van der Waals surface area (Å²) in [6.07, 6.45) is 0.937. The van der Waals surface area contributed by atoms with E-state index in [2.05, 4.69) is 22.2 Å². The van der Waals surface area contributed by atoms with Crippen LogP contribution >= 0.6 is 0 Å². The minimum absolute atomic E-state index is 0.106. The highest BCUT2D eigenvalue weighted by molar-refractivity contribution is 7.89. The SMILES string of the molecule is CNS(=O)(=O)CCNC(=O)N1CC[C@H](c2ccccc2)C1. The molecule has 6 nitrogen and oxygen atoms in total. The number of sulfonamides is 1. The lowest BCUT2D eigenvalue weighted by Gasteiger charge is -2.17. The van der Waals surface area contributed by atoms with Crippen LogP contribution in [0.2, 0.25) is 0 Å². The molecule has 0 bridgehead atoms. The smallest absolute Gasteiger partial charge is 0.317 e. The van der Waals surface area contributed by atoms with Crippen LogP contribution in [0.5, 0.6) is 0 Å². The second kappa shape index (κ2) is 6.91. The van der Waals surface area contributed by atoms with Gasteiger partial charge in [0.1, 0.15) is 0 Å². The van der Waals surface area contributed by atoms with Gasteiger partial charge in [0.15, 0.2) is 0 Å². The first kappa shape index (κ1) is 15.8. The lowest BCUT2D eigenvalue weighted by molar-refractivity contribution is 0.209. The van der Waals surface area contributed by atoms with Crippen LogP contribution < -0.4 is 10.0 Å². The second-order valence-corrected chi connectivity index (χ2v) is 7.14. The summed E-state index contributed by atoms with van der Waals surface area (Å²) < 4.78 is 24.7. The van der Waals surface area contributed by atoms with Crippen molar-refractivity contribution in [3.05, 3.63) is 35.9 Å². The number of carbonyl (C=O) groups is 1. The number of amides is 2. The summed E-state index contributed by atoms with van der Waals surface area (Å²) in [6, 6.07) is 9.93. The molecule has 0 aromatic heterocycles. The minimum atomic E-state index is -3.28. The van der Waals surface area contributed by atoms with Crippen molar-refractivity contribution in [1.82, 2.24) is 14.9 Å². The van der Waals surface area contributed by atoms with Gasteiger partial charge < -0.3 is 10.2 Å². The first-order valence-corrected chi connectivity index (χ1v) is 8.66. The van der Waals surface area contributed by atoms with Crippen molar-refractivity contribution in [1.29, 1.82) is 0 Å². The number of rotatable bonds is 5. The molecule has 116 valence electrons. The van der Waals surface area contributed by atoms with Gasteiger partial charge in [-0.2, -0.15) is 0 Å². The van der Waals surface area contributed by atoms with E-state index in [0.717, 1.165) is 6.42 Å². The maximum Gasteiger partial charge on any atom is 0.317 e. The molecular weight excluding hydrogens is 290 g/mol. The van der Waals surface area contributed by atoms with Gasteiger partial charge in [0.2, 0.25) is 10.0 Å². The molecule has 1 saturated heterocycles. The van der Waals surface area contributed by atoms with Crippen LogP contribution in [0, 0.1) is 0 Å². The van der Waals surface area contributed by atoms with E-state index in [-0.39, 0.29) is 18.3 Å². The molecule has 0 unspecified atom stereocenters. The number of likely N-dealkylation sites (tertiary alicyclic amines) is 1. The monoisotopic (exact) mass is 311 g/mol. The van der Waals surface area contributed by atoms with Crippen molar-refractivity contribution in [2.45, 2.75) is 12.3 Å². The van der Waals surface area contributed by atoms with Gasteiger partial charge in [-0.1, -0.05) is 30.3 Å². The Bertz CT molecular complexity index is 574. The number of hydrogen-bond donors (Lipinski definition) is 2. The van der Waals surface area contributed by atoms with E-state index in [0.29, 0.717) is 19.0 Å². The molecule has 0 spiro atoms. The third-order valence-electron chi connectivity index (χ3n) is 3.70. The van der Waals surface area contributed by atoms with Crippen LogP contribution in [0.25, 0.3) is 0 Å². The summed E-state index contributed by atoms with van der Waals surface area (Å²) in [5.41, 5.74) is 1.24. The Kier molecular flexibility index (Phi) is 5.19. The fraction of sp³-hybridized carbons (Fsp3) is 0.500. The normalized spacial score (nSPS) is 18.7. The number of nitrogens with zero attached hydrogens (tertiary/aromatic N) is 1. The molecule has 0 radical (unpaired) electrons. The van der Waals surface area contributed by atoms with Crippen LogP contribution in [0.3, 0.4) is 0 Å². The predicted molar refractivity (Wildman–Crippen MR) is 81.6 cm³/mol. The first-order chi connectivity index (χ1) is 10.0. The molecule has 1 aromatic carbocycles. The lowest BCUT2D eigenvalue weighted by Crippen LogP contribution is -2.41. The molecule has 1 aromatic rings. The van der Waals surface area contributed by atoms with Crippen molar-refractivity contribution >= 4 is 16.1 Å². The minimum Gasteiger partial charge on any atom is -0.337 e.